The lowest BCUT2D eigenvalue weighted by molar-refractivity contribution is 0.0610. The second-order valence-corrected chi connectivity index (χ2v) is 11.4. The Kier molecular flexibility index (Phi) is 5.19. The predicted molar refractivity (Wildman–Crippen MR) is 113 cm³/mol. The highest BCUT2D eigenvalue weighted by molar-refractivity contribution is 7.94. The molecule has 2 aromatic rings. The van der Waals surface area contributed by atoms with Crippen molar-refractivity contribution >= 4 is 21.5 Å². The van der Waals surface area contributed by atoms with Crippen LogP contribution in [0.25, 0.3) is 0 Å². The van der Waals surface area contributed by atoms with E-state index in [9.17, 15) is 13.8 Å². The lowest BCUT2D eigenvalue weighted by Gasteiger charge is -2.41. The van der Waals surface area contributed by atoms with Gasteiger partial charge >= 0.3 is 0 Å². The second kappa shape index (κ2) is 7.89. The van der Waals surface area contributed by atoms with E-state index in [4.69, 9.17) is 4.42 Å². The standard InChI is InChI=1S/C21H27N5O4S/c1-2-18-19(22-13-30-18)21(28)25-7-15-5-16(8-25)12-31(29,11-15)24-20(27)17-6-23-26(10-17)9-14-3-4-14/h6,10,13-16H,2-5,7-9,11-12H2,1H3. The fourth-order valence-corrected chi connectivity index (χ4v) is 7.44. The molecule has 1 aliphatic carbocycles. The lowest BCUT2D eigenvalue weighted by Crippen LogP contribution is -2.51. The first kappa shape index (κ1) is 20.4. The minimum absolute atomic E-state index is 0.0649. The van der Waals surface area contributed by atoms with E-state index in [1.165, 1.54) is 25.4 Å². The topological polar surface area (TPSA) is 111 Å². The molecule has 0 radical (unpaired) electrons. The van der Waals surface area contributed by atoms with Gasteiger partial charge in [0.25, 0.3) is 11.8 Å². The van der Waals surface area contributed by atoms with Crippen molar-refractivity contribution in [1.29, 1.82) is 0 Å². The number of piperidine rings is 1. The first-order chi connectivity index (χ1) is 14.9. The molecule has 166 valence electrons. The molecule has 31 heavy (non-hydrogen) atoms. The number of nitrogens with zero attached hydrogens (tertiary/aromatic N) is 5. The van der Waals surface area contributed by atoms with Crippen molar-refractivity contribution in [3.8, 4) is 0 Å². The number of hydrogen-bond donors (Lipinski definition) is 0. The highest BCUT2D eigenvalue weighted by Gasteiger charge is 2.39. The Morgan fingerprint density at radius 3 is 2.68 bits per heavy atom. The Morgan fingerprint density at radius 1 is 1.26 bits per heavy atom. The third-order valence-electron chi connectivity index (χ3n) is 6.34. The number of carbonyl (C=O) groups is 2. The molecular weight excluding hydrogens is 418 g/mol. The van der Waals surface area contributed by atoms with Crippen molar-refractivity contribution in [1.82, 2.24) is 19.7 Å². The third-order valence-corrected chi connectivity index (χ3v) is 8.82. The van der Waals surface area contributed by atoms with Gasteiger partial charge in [-0.05, 0) is 37.0 Å². The maximum atomic E-state index is 13.5. The Hall–Kier alpha value is -2.49. The summed E-state index contributed by atoms with van der Waals surface area (Å²) >= 11 is 0. The number of aromatic nitrogens is 3. The van der Waals surface area contributed by atoms with Gasteiger partial charge in [-0.1, -0.05) is 6.92 Å². The zero-order valence-corrected chi connectivity index (χ0v) is 18.4. The predicted octanol–water partition coefficient (Wildman–Crippen LogP) is 2.24. The Labute approximate surface area is 181 Å². The molecular formula is C21H27N5O4S. The van der Waals surface area contributed by atoms with Gasteiger partial charge in [0.05, 0.1) is 21.5 Å². The molecule has 0 aromatic carbocycles. The number of amides is 2. The largest absolute Gasteiger partial charge is 0.448 e. The number of likely N-dealkylation sites (tertiary alicyclic amines) is 1. The van der Waals surface area contributed by atoms with Gasteiger partial charge in [-0.2, -0.15) is 9.46 Å². The zero-order valence-electron chi connectivity index (χ0n) is 17.6. The van der Waals surface area contributed by atoms with E-state index >= 15 is 0 Å². The highest BCUT2D eigenvalue weighted by atomic mass is 32.2. The number of oxazole rings is 1. The highest BCUT2D eigenvalue weighted by Crippen LogP contribution is 2.33. The number of fused-ring (bicyclic) bond motifs is 2. The van der Waals surface area contributed by atoms with Crippen LogP contribution in [0.4, 0.5) is 0 Å². The molecule has 2 bridgehead atoms. The zero-order chi connectivity index (χ0) is 21.6. The minimum atomic E-state index is -2.65. The van der Waals surface area contributed by atoms with Crippen LogP contribution in [0.3, 0.4) is 0 Å². The van der Waals surface area contributed by atoms with Gasteiger partial charge in [-0.3, -0.25) is 14.3 Å². The Morgan fingerprint density at radius 2 is 2.00 bits per heavy atom. The average molecular weight is 446 g/mol. The van der Waals surface area contributed by atoms with Crippen LogP contribution in [0, 0.1) is 17.8 Å². The van der Waals surface area contributed by atoms with Crippen molar-refractivity contribution in [2.24, 2.45) is 22.1 Å². The number of hydrogen-bond acceptors (Lipinski definition) is 6. The Bertz CT molecular complexity index is 1100. The van der Waals surface area contributed by atoms with Crippen LogP contribution >= 0.6 is 0 Å². The van der Waals surface area contributed by atoms with Gasteiger partial charge in [-0.25, -0.2) is 9.19 Å². The summed E-state index contributed by atoms with van der Waals surface area (Å²) in [6, 6.07) is 0. The molecule has 1 saturated carbocycles. The third kappa shape index (κ3) is 4.30. The SMILES string of the molecule is CCc1ocnc1C(=O)N1CC2CC(C1)CS(=O)(=NC(=O)c1cnn(CC3CC3)c1)C2. The molecule has 2 atom stereocenters. The van der Waals surface area contributed by atoms with E-state index in [0.717, 1.165) is 13.0 Å². The van der Waals surface area contributed by atoms with Gasteiger partial charge in [0, 0.05) is 43.8 Å². The summed E-state index contributed by atoms with van der Waals surface area (Å²) in [4.78, 5) is 31.5. The molecule has 2 saturated heterocycles. The number of aryl methyl sites for hydroxylation is 1. The van der Waals surface area contributed by atoms with Crippen molar-refractivity contribution in [2.45, 2.75) is 39.2 Å². The fourth-order valence-electron chi connectivity index (χ4n) is 4.79. The lowest BCUT2D eigenvalue weighted by atomic mass is 9.91. The molecule has 3 fully saturated rings. The van der Waals surface area contributed by atoms with E-state index < -0.39 is 15.6 Å². The molecule has 2 unspecified atom stereocenters. The normalized spacial score (nSPS) is 27.8. The first-order valence-electron chi connectivity index (χ1n) is 10.9. The van der Waals surface area contributed by atoms with E-state index in [1.54, 1.807) is 15.8 Å². The summed E-state index contributed by atoms with van der Waals surface area (Å²) in [5.41, 5.74) is 0.764. The van der Waals surface area contributed by atoms with Crippen molar-refractivity contribution < 1.29 is 18.2 Å². The number of carbonyl (C=O) groups excluding carboxylic acids is 2. The van der Waals surface area contributed by atoms with Crippen LogP contribution in [-0.2, 0) is 22.7 Å². The smallest absolute Gasteiger partial charge is 0.288 e. The molecule has 5 rings (SSSR count). The maximum absolute atomic E-state index is 13.5. The molecule has 3 aliphatic rings. The molecule has 9 nitrogen and oxygen atoms in total. The van der Waals surface area contributed by atoms with Crippen LogP contribution < -0.4 is 0 Å². The van der Waals surface area contributed by atoms with E-state index in [-0.39, 0.29) is 17.7 Å². The number of rotatable bonds is 5. The minimum Gasteiger partial charge on any atom is -0.448 e. The summed E-state index contributed by atoms with van der Waals surface area (Å²) in [5.74, 6) is 1.48. The monoisotopic (exact) mass is 445 g/mol. The summed E-state index contributed by atoms with van der Waals surface area (Å²) < 4.78 is 24.7. The van der Waals surface area contributed by atoms with Crippen LogP contribution in [0.2, 0.25) is 0 Å². The van der Waals surface area contributed by atoms with Gasteiger partial charge in [-0.15, -0.1) is 0 Å². The van der Waals surface area contributed by atoms with Crippen molar-refractivity contribution in [3.05, 3.63) is 35.8 Å². The molecule has 4 heterocycles. The van der Waals surface area contributed by atoms with Gasteiger partial charge in [0.15, 0.2) is 12.1 Å². The molecule has 0 spiro atoms. The summed E-state index contributed by atoms with van der Waals surface area (Å²) in [5, 5.41) is 4.24. The van der Waals surface area contributed by atoms with Crippen LogP contribution in [0.15, 0.2) is 27.6 Å². The fraction of sp³-hybridized carbons (Fsp3) is 0.619. The summed E-state index contributed by atoms with van der Waals surface area (Å²) in [6.07, 6.45) is 8.46. The van der Waals surface area contributed by atoms with Crippen LogP contribution in [0.5, 0.6) is 0 Å². The molecule has 10 heteroatoms. The maximum Gasteiger partial charge on any atom is 0.288 e. The second-order valence-electron chi connectivity index (χ2n) is 9.05. The van der Waals surface area contributed by atoms with Crippen LogP contribution in [0.1, 0.15) is 52.8 Å². The molecule has 2 aromatic heterocycles. The Balaban J connectivity index is 1.28. The van der Waals surface area contributed by atoms with Gasteiger partial charge in [0.2, 0.25) is 0 Å². The van der Waals surface area contributed by atoms with E-state index in [1.807, 2.05) is 6.92 Å². The van der Waals surface area contributed by atoms with E-state index in [2.05, 4.69) is 14.4 Å². The average Bonchev–Trinajstić information content (AvgIpc) is 3.21. The van der Waals surface area contributed by atoms with E-state index in [0.29, 0.717) is 54.0 Å². The summed E-state index contributed by atoms with van der Waals surface area (Å²) in [7, 11) is -2.65. The van der Waals surface area contributed by atoms with Crippen molar-refractivity contribution in [2.75, 3.05) is 24.6 Å². The molecule has 0 N–H and O–H groups in total. The quantitative estimate of drug-likeness (QED) is 0.698. The molecule has 2 amide bonds. The van der Waals surface area contributed by atoms with Gasteiger partial charge in [0.1, 0.15) is 5.76 Å². The van der Waals surface area contributed by atoms with Crippen LogP contribution in [-0.4, -0.2) is 60.3 Å². The summed E-state index contributed by atoms with van der Waals surface area (Å²) in [6.45, 7) is 3.75. The van der Waals surface area contributed by atoms with Gasteiger partial charge < -0.3 is 9.32 Å². The molecule has 2 aliphatic heterocycles. The first-order valence-corrected chi connectivity index (χ1v) is 12.8. The van der Waals surface area contributed by atoms with Crippen molar-refractivity contribution in [3.63, 3.8) is 0 Å².